The Kier molecular flexibility index (Phi) is 2.67. The second-order valence-corrected chi connectivity index (χ2v) is 5.44. The lowest BCUT2D eigenvalue weighted by molar-refractivity contribution is 1.12. The van der Waals surface area contributed by atoms with Gasteiger partial charge in [0.2, 0.25) is 0 Å². The Bertz CT molecular complexity index is 754. The minimum atomic E-state index is 1.03. The van der Waals surface area contributed by atoms with Gasteiger partial charge in [0.1, 0.15) is 0 Å². The van der Waals surface area contributed by atoms with Crippen LogP contribution in [-0.4, -0.2) is 0 Å². The number of fused-ring (bicyclic) bond motifs is 3. The minimum absolute atomic E-state index is 1.03. The van der Waals surface area contributed by atoms with Gasteiger partial charge < -0.3 is 0 Å². The van der Waals surface area contributed by atoms with Crippen molar-refractivity contribution >= 4 is 0 Å². The topological polar surface area (TPSA) is 0 Å². The van der Waals surface area contributed by atoms with E-state index in [1.54, 1.807) is 0 Å². The molecule has 0 heteroatoms. The second-order valence-electron chi connectivity index (χ2n) is 5.44. The largest absolute Gasteiger partial charge is 0.0622 e. The fraction of sp³-hybridized carbons (Fsp3) is 0.100. The Morgan fingerprint density at radius 1 is 0.650 bits per heavy atom. The van der Waals surface area contributed by atoms with Gasteiger partial charge in [-0.15, -0.1) is 0 Å². The molecule has 3 aromatic rings. The Balaban J connectivity index is 1.78. The van der Waals surface area contributed by atoms with Crippen LogP contribution in [0.2, 0.25) is 0 Å². The summed E-state index contributed by atoms with van der Waals surface area (Å²) in [5, 5.41) is 0. The van der Waals surface area contributed by atoms with E-state index >= 15 is 0 Å². The van der Waals surface area contributed by atoms with E-state index in [1.165, 1.54) is 33.4 Å². The SMILES string of the molecule is c1ccc(Cc2cccc3c2Cc2ccccc2-3)cc1. The first kappa shape index (κ1) is 11.5. The molecule has 0 amide bonds. The van der Waals surface area contributed by atoms with Crippen LogP contribution in [0.25, 0.3) is 11.1 Å². The van der Waals surface area contributed by atoms with Crippen LogP contribution >= 0.6 is 0 Å². The summed E-state index contributed by atoms with van der Waals surface area (Å²) in [4.78, 5) is 0. The van der Waals surface area contributed by atoms with Gasteiger partial charge in [-0.05, 0) is 46.2 Å². The summed E-state index contributed by atoms with van der Waals surface area (Å²) in [5.41, 5.74) is 8.66. The highest BCUT2D eigenvalue weighted by atomic mass is 14.2. The monoisotopic (exact) mass is 256 g/mol. The zero-order valence-electron chi connectivity index (χ0n) is 11.3. The van der Waals surface area contributed by atoms with Crippen LogP contribution in [0.4, 0.5) is 0 Å². The molecule has 0 atom stereocenters. The predicted octanol–water partition coefficient (Wildman–Crippen LogP) is 4.85. The Morgan fingerprint density at radius 2 is 1.40 bits per heavy atom. The summed E-state index contributed by atoms with van der Waals surface area (Å²) in [7, 11) is 0. The summed E-state index contributed by atoms with van der Waals surface area (Å²) in [6.45, 7) is 0. The van der Waals surface area contributed by atoms with Crippen LogP contribution in [-0.2, 0) is 12.8 Å². The molecule has 3 aromatic carbocycles. The van der Waals surface area contributed by atoms with Gasteiger partial charge in [-0.25, -0.2) is 0 Å². The molecule has 0 fully saturated rings. The third-order valence-electron chi connectivity index (χ3n) is 4.19. The molecule has 4 rings (SSSR count). The smallest absolute Gasteiger partial charge is 0.00106 e. The lowest BCUT2D eigenvalue weighted by atomic mass is 9.96. The molecule has 0 aliphatic heterocycles. The zero-order chi connectivity index (χ0) is 13.4. The lowest BCUT2D eigenvalue weighted by Crippen LogP contribution is -1.94. The van der Waals surface area contributed by atoms with Gasteiger partial charge in [-0.1, -0.05) is 72.8 Å². The van der Waals surface area contributed by atoms with E-state index in [0.717, 1.165) is 12.8 Å². The van der Waals surface area contributed by atoms with Crippen molar-refractivity contribution in [1.29, 1.82) is 0 Å². The quantitative estimate of drug-likeness (QED) is 0.481. The number of hydrogen-bond acceptors (Lipinski definition) is 0. The van der Waals surface area contributed by atoms with E-state index in [-0.39, 0.29) is 0 Å². The molecule has 1 aliphatic carbocycles. The van der Waals surface area contributed by atoms with Crippen LogP contribution in [0.1, 0.15) is 22.3 Å². The van der Waals surface area contributed by atoms with Crippen molar-refractivity contribution in [2.45, 2.75) is 12.8 Å². The molecular formula is C20H16. The molecule has 0 radical (unpaired) electrons. The summed E-state index contributed by atoms with van der Waals surface area (Å²) in [6, 6.07) is 26.2. The summed E-state index contributed by atoms with van der Waals surface area (Å²) in [5.74, 6) is 0. The molecular weight excluding hydrogens is 240 g/mol. The fourth-order valence-electron chi connectivity index (χ4n) is 3.20. The molecule has 0 unspecified atom stereocenters. The van der Waals surface area contributed by atoms with Crippen molar-refractivity contribution in [2.75, 3.05) is 0 Å². The van der Waals surface area contributed by atoms with Crippen LogP contribution < -0.4 is 0 Å². The lowest BCUT2D eigenvalue weighted by Gasteiger charge is -2.08. The van der Waals surface area contributed by atoms with Crippen molar-refractivity contribution in [3.8, 4) is 11.1 Å². The van der Waals surface area contributed by atoms with Crippen LogP contribution in [0.5, 0.6) is 0 Å². The molecule has 0 spiro atoms. The number of benzene rings is 3. The Hall–Kier alpha value is -2.34. The molecule has 1 aliphatic rings. The average Bonchev–Trinajstić information content (AvgIpc) is 2.88. The van der Waals surface area contributed by atoms with E-state index in [1.807, 2.05) is 0 Å². The van der Waals surface area contributed by atoms with Crippen LogP contribution in [0.3, 0.4) is 0 Å². The molecule has 0 N–H and O–H groups in total. The maximum absolute atomic E-state index is 2.28. The second kappa shape index (κ2) is 4.64. The van der Waals surface area contributed by atoms with Crippen molar-refractivity contribution in [1.82, 2.24) is 0 Å². The molecule has 0 saturated heterocycles. The van der Waals surface area contributed by atoms with Crippen LogP contribution in [0, 0.1) is 0 Å². The van der Waals surface area contributed by atoms with E-state index in [0.29, 0.717) is 0 Å². The van der Waals surface area contributed by atoms with Gasteiger partial charge in [-0.3, -0.25) is 0 Å². The Morgan fingerprint density at radius 3 is 2.30 bits per heavy atom. The average molecular weight is 256 g/mol. The van der Waals surface area contributed by atoms with Gasteiger partial charge >= 0.3 is 0 Å². The van der Waals surface area contributed by atoms with E-state index in [2.05, 4.69) is 72.8 Å². The molecule has 0 aromatic heterocycles. The van der Waals surface area contributed by atoms with E-state index in [4.69, 9.17) is 0 Å². The third kappa shape index (κ3) is 1.85. The fourth-order valence-corrected chi connectivity index (χ4v) is 3.20. The van der Waals surface area contributed by atoms with Gasteiger partial charge in [0.25, 0.3) is 0 Å². The van der Waals surface area contributed by atoms with Crippen molar-refractivity contribution in [3.63, 3.8) is 0 Å². The summed E-state index contributed by atoms with van der Waals surface area (Å²) < 4.78 is 0. The molecule has 0 nitrogen and oxygen atoms in total. The minimum Gasteiger partial charge on any atom is -0.0622 e. The van der Waals surface area contributed by atoms with Gasteiger partial charge in [0.05, 0.1) is 0 Å². The van der Waals surface area contributed by atoms with E-state index < -0.39 is 0 Å². The first-order valence-corrected chi connectivity index (χ1v) is 7.15. The number of hydrogen-bond donors (Lipinski definition) is 0. The third-order valence-corrected chi connectivity index (χ3v) is 4.19. The highest BCUT2D eigenvalue weighted by molar-refractivity contribution is 5.78. The highest BCUT2D eigenvalue weighted by Gasteiger charge is 2.19. The van der Waals surface area contributed by atoms with Crippen molar-refractivity contribution in [2.24, 2.45) is 0 Å². The predicted molar refractivity (Wildman–Crippen MR) is 83.9 cm³/mol. The van der Waals surface area contributed by atoms with Crippen LogP contribution in [0.15, 0.2) is 72.8 Å². The first-order valence-electron chi connectivity index (χ1n) is 7.15. The maximum atomic E-state index is 2.28. The normalized spacial score (nSPS) is 12.0. The van der Waals surface area contributed by atoms with Gasteiger partial charge in [0.15, 0.2) is 0 Å². The first-order chi connectivity index (χ1) is 9.92. The molecule has 0 saturated carbocycles. The number of rotatable bonds is 2. The van der Waals surface area contributed by atoms with Crippen molar-refractivity contribution in [3.05, 3.63) is 95.1 Å². The van der Waals surface area contributed by atoms with E-state index in [9.17, 15) is 0 Å². The summed E-state index contributed by atoms with van der Waals surface area (Å²) in [6.07, 6.45) is 2.10. The maximum Gasteiger partial charge on any atom is -0.00106 e. The molecule has 0 heterocycles. The molecule has 0 bridgehead atoms. The van der Waals surface area contributed by atoms with Gasteiger partial charge in [0, 0.05) is 0 Å². The standard InChI is InChI=1S/C20H16/c1-2-7-15(8-3-1)13-16-10-6-12-19-18-11-5-4-9-17(18)14-20(16)19/h1-12H,13-14H2. The zero-order valence-corrected chi connectivity index (χ0v) is 11.3. The Labute approximate surface area is 119 Å². The molecule has 20 heavy (non-hydrogen) atoms. The molecule has 96 valence electrons. The van der Waals surface area contributed by atoms with Gasteiger partial charge in [-0.2, -0.15) is 0 Å². The van der Waals surface area contributed by atoms with Crippen molar-refractivity contribution < 1.29 is 0 Å². The highest BCUT2D eigenvalue weighted by Crippen LogP contribution is 2.38. The summed E-state index contributed by atoms with van der Waals surface area (Å²) >= 11 is 0.